The molecule has 2 aromatic carbocycles. The van der Waals surface area contributed by atoms with Crippen LogP contribution in [0, 0.1) is 0 Å². The number of hydrogen-bond donors (Lipinski definition) is 2. The van der Waals surface area contributed by atoms with Crippen LogP contribution in [-0.2, 0) is 4.79 Å². The maximum atomic E-state index is 12.2. The number of quaternary nitrogens is 1. The van der Waals surface area contributed by atoms with Crippen LogP contribution in [0.15, 0.2) is 48.5 Å². The summed E-state index contributed by atoms with van der Waals surface area (Å²) in [6.45, 7) is 4.71. The van der Waals surface area contributed by atoms with Crippen molar-refractivity contribution in [3.8, 4) is 0 Å². The second kappa shape index (κ2) is 9.06. The van der Waals surface area contributed by atoms with Gasteiger partial charge in [-0.2, -0.15) is 0 Å². The van der Waals surface area contributed by atoms with Gasteiger partial charge in [0, 0.05) is 35.1 Å². The van der Waals surface area contributed by atoms with Crippen LogP contribution in [0.5, 0.6) is 0 Å². The Kier molecular flexibility index (Phi) is 6.53. The van der Waals surface area contributed by atoms with E-state index in [1.807, 2.05) is 41.7 Å². The standard InChI is InChI=1S/C21H26ClN3O/c1-16(17-6-5-7-18(22)14-17)23-15-21(26)24-19-8-10-20(11-9-19)25-12-3-2-4-13-25/h5-11,14,16,23H,2-4,12-13,15H2,1H3,(H,24,26)/p+1/t16-/m1/s1. The molecular weight excluding hydrogens is 346 g/mol. The number of piperidine rings is 1. The van der Waals surface area contributed by atoms with E-state index < -0.39 is 0 Å². The van der Waals surface area contributed by atoms with E-state index in [4.69, 9.17) is 11.6 Å². The van der Waals surface area contributed by atoms with Crippen molar-refractivity contribution in [1.82, 2.24) is 0 Å². The third kappa shape index (κ3) is 5.23. The first-order valence-electron chi connectivity index (χ1n) is 9.35. The van der Waals surface area contributed by atoms with Crippen LogP contribution in [-0.4, -0.2) is 25.5 Å². The van der Waals surface area contributed by atoms with E-state index in [2.05, 4.69) is 29.3 Å². The highest BCUT2D eigenvalue weighted by Gasteiger charge is 2.13. The molecule has 0 aliphatic carbocycles. The minimum absolute atomic E-state index is 0.00426. The lowest BCUT2D eigenvalue weighted by Crippen LogP contribution is -2.86. The van der Waals surface area contributed by atoms with Crippen molar-refractivity contribution in [2.45, 2.75) is 32.2 Å². The SMILES string of the molecule is C[C@@H]([NH2+]CC(=O)Nc1ccc(N2CCCCC2)cc1)c1cccc(Cl)c1. The van der Waals surface area contributed by atoms with E-state index >= 15 is 0 Å². The first kappa shape index (κ1) is 18.7. The first-order valence-corrected chi connectivity index (χ1v) is 9.73. The fourth-order valence-electron chi connectivity index (χ4n) is 3.33. The second-order valence-electron chi connectivity index (χ2n) is 6.93. The van der Waals surface area contributed by atoms with Gasteiger partial charge in [-0.25, -0.2) is 0 Å². The monoisotopic (exact) mass is 372 g/mol. The fourth-order valence-corrected chi connectivity index (χ4v) is 3.53. The number of hydrogen-bond acceptors (Lipinski definition) is 2. The Morgan fingerprint density at radius 2 is 1.88 bits per heavy atom. The number of rotatable bonds is 6. The summed E-state index contributed by atoms with van der Waals surface area (Å²) in [6.07, 6.45) is 3.85. The highest BCUT2D eigenvalue weighted by atomic mass is 35.5. The molecule has 0 aromatic heterocycles. The topological polar surface area (TPSA) is 49.0 Å². The lowest BCUT2D eigenvalue weighted by atomic mass is 10.1. The highest BCUT2D eigenvalue weighted by molar-refractivity contribution is 6.30. The number of carbonyl (C=O) groups is 1. The van der Waals surface area contributed by atoms with Crippen LogP contribution in [0.4, 0.5) is 11.4 Å². The van der Waals surface area contributed by atoms with E-state index in [-0.39, 0.29) is 11.9 Å². The van der Waals surface area contributed by atoms with Crippen LogP contribution in [0.25, 0.3) is 0 Å². The van der Waals surface area contributed by atoms with Crippen molar-refractivity contribution >= 4 is 28.9 Å². The molecule has 4 nitrogen and oxygen atoms in total. The number of carbonyl (C=O) groups excluding carboxylic acids is 1. The molecule has 138 valence electrons. The van der Waals surface area contributed by atoms with E-state index in [1.54, 1.807) is 0 Å². The fraction of sp³-hybridized carbons (Fsp3) is 0.381. The van der Waals surface area contributed by atoms with Crippen molar-refractivity contribution in [3.63, 3.8) is 0 Å². The van der Waals surface area contributed by atoms with Crippen molar-refractivity contribution in [2.24, 2.45) is 0 Å². The van der Waals surface area contributed by atoms with E-state index in [1.165, 1.54) is 24.9 Å². The molecule has 26 heavy (non-hydrogen) atoms. The molecule has 1 atom stereocenters. The van der Waals surface area contributed by atoms with Gasteiger partial charge in [0.15, 0.2) is 6.54 Å². The normalized spacial score (nSPS) is 15.5. The Bertz CT molecular complexity index is 726. The average molecular weight is 373 g/mol. The molecule has 2 aromatic rings. The molecule has 0 saturated carbocycles. The number of benzene rings is 2. The van der Waals surface area contributed by atoms with E-state index in [9.17, 15) is 4.79 Å². The molecule has 3 rings (SSSR count). The van der Waals surface area contributed by atoms with Crippen molar-refractivity contribution in [1.29, 1.82) is 0 Å². The minimum atomic E-state index is 0.00426. The predicted molar refractivity (Wildman–Crippen MR) is 108 cm³/mol. The summed E-state index contributed by atoms with van der Waals surface area (Å²) < 4.78 is 0. The summed E-state index contributed by atoms with van der Waals surface area (Å²) in [6, 6.07) is 16.1. The van der Waals surface area contributed by atoms with E-state index in [0.717, 1.165) is 29.4 Å². The molecule has 0 unspecified atom stereocenters. The Balaban J connectivity index is 1.48. The van der Waals surface area contributed by atoms with Gasteiger partial charge in [0.2, 0.25) is 0 Å². The number of nitrogens with one attached hydrogen (secondary N) is 1. The molecule has 0 radical (unpaired) electrons. The molecule has 1 aliphatic rings. The van der Waals surface area contributed by atoms with Gasteiger partial charge in [-0.05, 0) is 62.6 Å². The van der Waals surface area contributed by atoms with Crippen LogP contribution in [0.1, 0.15) is 37.8 Å². The summed E-state index contributed by atoms with van der Waals surface area (Å²) in [5.74, 6) is 0.00426. The Morgan fingerprint density at radius 1 is 1.15 bits per heavy atom. The van der Waals surface area contributed by atoms with Gasteiger partial charge >= 0.3 is 0 Å². The zero-order valence-electron chi connectivity index (χ0n) is 15.2. The maximum absolute atomic E-state index is 12.2. The van der Waals surface area contributed by atoms with Crippen LogP contribution >= 0.6 is 11.6 Å². The summed E-state index contributed by atoms with van der Waals surface area (Å²) in [4.78, 5) is 14.6. The molecule has 1 heterocycles. The summed E-state index contributed by atoms with van der Waals surface area (Å²) in [5, 5.41) is 5.72. The zero-order chi connectivity index (χ0) is 18.4. The van der Waals surface area contributed by atoms with Gasteiger partial charge < -0.3 is 15.5 Å². The molecule has 1 amide bonds. The van der Waals surface area contributed by atoms with Gasteiger partial charge in [0.25, 0.3) is 5.91 Å². The zero-order valence-corrected chi connectivity index (χ0v) is 16.0. The molecular formula is C21H27ClN3O+. The van der Waals surface area contributed by atoms with Crippen LogP contribution < -0.4 is 15.5 Å². The maximum Gasteiger partial charge on any atom is 0.279 e. The minimum Gasteiger partial charge on any atom is -0.372 e. The van der Waals surface area contributed by atoms with Gasteiger partial charge in [-0.3, -0.25) is 4.79 Å². The van der Waals surface area contributed by atoms with Gasteiger partial charge in [0.05, 0.1) is 0 Å². The predicted octanol–water partition coefficient (Wildman–Crippen LogP) is 3.59. The van der Waals surface area contributed by atoms with Crippen LogP contribution in [0.2, 0.25) is 5.02 Å². The third-order valence-electron chi connectivity index (χ3n) is 4.90. The smallest absolute Gasteiger partial charge is 0.279 e. The Labute approximate surface area is 160 Å². The lowest BCUT2D eigenvalue weighted by molar-refractivity contribution is -0.682. The Morgan fingerprint density at radius 3 is 2.58 bits per heavy atom. The van der Waals surface area contributed by atoms with Gasteiger partial charge in [0.1, 0.15) is 6.04 Å². The number of amides is 1. The number of halogens is 1. The number of nitrogens with two attached hydrogens (primary N) is 1. The average Bonchev–Trinajstić information content (AvgIpc) is 2.67. The summed E-state index contributed by atoms with van der Waals surface area (Å²) >= 11 is 6.03. The third-order valence-corrected chi connectivity index (χ3v) is 5.14. The molecule has 3 N–H and O–H groups in total. The van der Waals surface area contributed by atoms with Crippen molar-refractivity contribution in [3.05, 3.63) is 59.1 Å². The quantitative estimate of drug-likeness (QED) is 0.814. The first-order chi connectivity index (χ1) is 12.6. The molecule has 0 spiro atoms. The summed E-state index contributed by atoms with van der Waals surface area (Å²) in [5.41, 5.74) is 3.21. The molecule has 1 saturated heterocycles. The van der Waals surface area contributed by atoms with E-state index in [0.29, 0.717) is 6.54 Å². The van der Waals surface area contributed by atoms with Gasteiger partial charge in [-0.15, -0.1) is 0 Å². The molecule has 1 aliphatic heterocycles. The van der Waals surface area contributed by atoms with Gasteiger partial charge in [-0.1, -0.05) is 23.7 Å². The molecule has 0 bridgehead atoms. The second-order valence-corrected chi connectivity index (χ2v) is 7.36. The molecule has 5 heteroatoms. The van der Waals surface area contributed by atoms with Crippen LogP contribution in [0.3, 0.4) is 0 Å². The lowest BCUT2D eigenvalue weighted by Gasteiger charge is -2.28. The van der Waals surface area contributed by atoms with Crippen molar-refractivity contribution < 1.29 is 10.1 Å². The Hall–Kier alpha value is -2.04. The molecule has 1 fully saturated rings. The summed E-state index contributed by atoms with van der Waals surface area (Å²) in [7, 11) is 0. The number of anilines is 2. The highest BCUT2D eigenvalue weighted by Crippen LogP contribution is 2.21. The number of nitrogens with zero attached hydrogens (tertiary/aromatic N) is 1. The largest absolute Gasteiger partial charge is 0.372 e. The van der Waals surface area contributed by atoms with Crippen molar-refractivity contribution in [2.75, 3.05) is 29.9 Å².